The number of pyridine rings is 1. The molecular weight excluding hydrogens is 344 g/mol. The third-order valence-corrected chi connectivity index (χ3v) is 5.50. The van der Waals surface area contributed by atoms with Gasteiger partial charge in [0.15, 0.2) is 11.6 Å². The molecule has 5 N–H and O–H groups in total. The highest BCUT2D eigenvalue weighted by Crippen LogP contribution is 2.43. The normalized spacial score (nSPS) is 23.2. The highest BCUT2D eigenvalue weighted by atomic mass is 19.1. The second-order valence-corrected chi connectivity index (χ2v) is 7.22. The van der Waals surface area contributed by atoms with Gasteiger partial charge in [-0.2, -0.15) is 0 Å². The van der Waals surface area contributed by atoms with Crippen LogP contribution in [0.3, 0.4) is 0 Å². The molecule has 2 fully saturated rings. The number of anilines is 2. The first-order valence-electron chi connectivity index (χ1n) is 8.70. The predicted octanol–water partition coefficient (Wildman–Crippen LogP) is 0.628. The molecule has 1 saturated carbocycles. The Hall–Kier alpha value is -2.42. The zero-order valence-electron chi connectivity index (χ0n) is 14.4. The van der Waals surface area contributed by atoms with Crippen molar-refractivity contribution in [2.75, 3.05) is 30.3 Å². The summed E-state index contributed by atoms with van der Waals surface area (Å²) in [4.78, 5) is 28.4. The van der Waals surface area contributed by atoms with Crippen molar-refractivity contribution in [3.05, 3.63) is 37.8 Å². The Morgan fingerprint density at radius 1 is 1.27 bits per heavy atom. The first-order valence-corrected chi connectivity index (χ1v) is 8.70. The van der Waals surface area contributed by atoms with Crippen LogP contribution in [0.25, 0.3) is 5.52 Å². The molecule has 0 amide bonds. The molecule has 9 heteroatoms. The summed E-state index contributed by atoms with van der Waals surface area (Å²) < 4.78 is 30.2. The number of aromatic amines is 1. The summed E-state index contributed by atoms with van der Waals surface area (Å²) in [6.07, 6.45) is 0.490. The first-order chi connectivity index (χ1) is 12.3. The molecule has 4 rings (SSSR count). The number of nitrogens with two attached hydrogens (primary N) is 2. The molecule has 140 valence electrons. The van der Waals surface area contributed by atoms with Crippen LogP contribution < -0.4 is 27.6 Å². The molecule has 2 aromatic heterocycles. The van der Waals surface area contributed by atoms with E-state index >= 15 is 4.39 Å². The minimum Gasteiger partial charge on any atom is -0.382 e. The minimum absolute atomic E-state index is 0.00141. The molecule has 1 aliphatic carbocycles. The third kappa shape index (κ3) is 2.33. The molecule has 0 radical (unpaired) electrons. The van der Waals surface area contributed by atoms with E-state index in [2.05, 4.69) is 4.98 Å². The second-order valence-electron chi connectivity index (χ2n) is 7.22. The van der Waals surface area contributed by atoms with E-state index < -0.39 is 29.2 Å². The van der Waals surface area contributed by atoms with Crippen LogP contribution in [-0.4, -0.2) is 35.2 Å². The van der Waals surface area contributed by atoms with Gasteiger partial charge in [0.25, 0.3) is 5.56 Å². The van der Waals surface area contributed by atoms with Gasteiger partial charge in [0.05, 0.1) is 11.2 Å². The maximum atomic E-state index is 15.1. The van der Waals surface area contributed by atoms with E-state index in [0.717, 1.165) is 17.2 Å². The zero-order chi connectivity index (χ0) is 18.7. The molecular formula is C17H21F2N5O2. The van der Waals surface area contributed by atoms with Gasteiger partial charge in [-0.05, 0) is 32.2 Å². The number of aryl methyl sites for hydroxylation is 1. The van der Waals surface area contributed by atoms with Crippen LogP contribution >= 0.6 is 0 Å². The second kappa shape index (κ2) is 5.80. The summed E-state index contributed by atoms with van der Waals surface area (Å²) in [6.45, 7) is 2.06. The average Bonchev–Trinajstić information content (AvgIpc) is 3.35. The molecule has 1 aliphatic heterocycles. The van der Waals surface area contributed by atoms with E-state index in [0.29, 0.717) is 16.6 Å². The molecule has 2 aliphatic rings. The highest BCUT2D eigenvalue weighted by molar-refractivity contribution is 5.76. The molecule has 3 heterocycles. The Bertz CT molecular complexity index is 1010. The summed E-state index contributed by atoms with van der Waals surface area (Å²) in [5.74, 6) is -1.53. The van der Waals surface area contributed by atoms with Crippen molar-refractivity contribution in [3.63, 3.8) is 0 Å². The maximum Gasteiger partial charge on any atom is 0.334 e. The number of halogens is 2. The molecule has 0 aromatic carbocycles. The summed E-state index contributed by atoms with van der Waals surface area (Å²) in [5.41, 5.74) is 11.6. The molecule has 0 spiro atoms. The van der Waals surface area contributed by atoms with E-state index in [1.807, 2.05) is 0 Å². The molecule has 7 nitrogen and oxygen atoms in total. The number of rotatable bonds is 3. The van der Waals surface area contributed by atoms with Gasteiger partial charge in [-0.25, -0.2) is 18.0 Å². The van der Waals surface area contributed by atoms with Crippen molar-refractivity contribution in [1.82, 2.24) is 9.38 Å². The third-order valence-electron chi connectivity index (χ3n) is 5.50. The molecule has 1 saturated heterocycles. The van der Waals surface area contributed by atoms with Crippen molar-refractivity contribution >= 4 is 17.0 Å². The SMILES string of the molecule is Cc1c(N2CC(F)C(CN)C2)c(F)c(N)n2c(=O)[nH]c(=O)c(C3CC3)c12. The summed E-state index contributed by atoms with van der Waals surface area (Å²) in [7, 11) is 0. The van der Waals surface area contributed by atoms with Gasteiger partial charge in [-0.3, -0.25) is 9.78 Å². The Morgan fingerprint density at radius 2 is 1.96 bits per heavy atom. The predicted molar refractivity (Wildman–Crippen MR) is 95.0 cm³/mol. The largest absolute Gasteiger partial charge is 0.382 e. The Labute approximate surface area is 147 Å². The number of alkyl halides is 1. The van der Waals surface area contributed by atoms with Gasteiger partial charge < -0.3 is 16.4 Å². The smallest absolute Gasteiger partial charge is 0.334 e. The highest BCUT2D eigenvalue weighted by Gasteiger charge is 2.37. The van der Waals surface area contributed by atoms with Crippen LogP contribution in [-0.2, 0) is 0 Å². The van der Waals surface area contributed by atoms with Crippen molar-refractivity contribution < 1.29 is 8.78 Å². The fourth-order valence-corrected chi connectivity index (χ4v) is 4.01. The van der Waals surface area contributed by atoms with Gasteiger partial charge in [-0.1, -0.05) is 0 Å². The van der Waals surface area contributed by atoms with Gasteiger partial charge in [0.2, 0.25) is 0 Å². The number of nitrogen functional groups attached to an aromatic ring is 1. The number of fused-ring (bicyclic) bond motifs is 1. The Kier molecular flexibility index (Phi) is 3.80. The van der Waals surface area contributed by atoms with Gasteiger partial charge in [0.1, 0.15) is 6.17 Å². The van der Waals surface area contributed by atoms with Crippen molar-refractivity contribution in [1.29, 1.82) is 0 Å². The van der Waals surface area contributed by atoms with Crippen LogP contribution in [0, 0.1) is 18.7 Å². The number of aromatic nitrogens is 2. The topological polar surface area (TPSA) is 110 Å². The van der Waals surface area contributed by atoms with E-state index in [1.165, 1.54) is 0 Å². The van der Waals surface area contributed by atoms with Gasteiger partial charge in [0, 0.05) is 30.1 Å². The summed E-state index contributed by atoms with van der Waals surface area (Å²) >= 11 is 0. The summed E-state index contributed by atoms with van der Waals surface area (Å²) in [6, 6.07) is 0. The molecule has 26 heavy (non-hydrogen) atoms. The standard InChI is InChI=1S/C17H21F2N5O2/c1-7-13-11(8-2-3-8)16(25)22-17(26)24(13)15(21)12(19)14(7)23-5-9(4-20)10(18)6-23/h8-10H,2-6,20-21H2,1H3,(H,22,25,26). The summed E-state index contributed by atoms with van der Waals surface area (Å²) in [5, 5.41) is 0. The number of hydrogen-bond acceptors (Lipinski definition) is 5. The molecule has 2 unspecified atom stereocenters. The lowest BCUT2D eigenvalue weighted by molar-refractivity contribution is 0.289. The van der Waals surface area contributed by atoms with E-state index in [-0.39, 0.29) is 37.1 Å². The number of nitrogens with zero attached hydrogens (tertiary/aromatic N) is 2. The fourth-order valence-electron chi connectivity index (χ4n) is 4.01. The number of H-pyrrole nitrogens is 1. The quantitative estimate of drug-likeness (QED) is 0.739. The number of nitrogens with one attached hydrogen (secondary N) is 1. The van der Waals surface area contributed by atoms with E-state index in [9.17, 15) is 14.0 Å². The lowest BCUT2D eigenvalue weighted by atomic mass is 10.1. The maximum absolute atomic E-state index is 15.1. The monoisotopic (exact) mass is 365 g/mol. The molecule has 2 aromatic rings. The van der Waals surface area contributed by atoms with Crippen LogP contribution in [0.15, 0.2) is 9.59 Å². The first kappa shape index (κ1) is 17.0. The van der Waals surface area contributed by atoms with Crippen LogP contribution in [0.2, 0.25) is 0 Å². The lowest BCUT2D eigenvalue weighted by Crippen LogP contribution is -2.33. The van der Waals surface area contributed by atoms with E-state index in [1.54, 1.807) is 11.8 Å². The van der Waals surface area contributed by atoms with Crippen molar-refractivity contribution in [2.24, 2.45) is 11.7 Å². The zero-order valence-corrected chi connectivity index (χ0v) is 14.4. The lowest BCUT2D eigenvalue weighted by Gasteiger charge is -2.24. The van der Waals surface area contributed by atoms with Gasteiger partial charge >= 0.3 is 5.69 Å². The molecule has 0 bridgehead atoms. The Balaban J connectivity index is 2.03. The van der Waals surface area contributed by atoms with Gasteiger partial charge in [-0.15, -0.1) is 0 Å². The minimum atomic E-state index is -1.17. The van der Waals surface area contributed by atoms with E-state index in [4.69, 9.17) is 11.5 Å². The molecule has 2 atom stereocenters. The van der Waals surface area contributed by atoms with Crippen molar-refractivity contribution in [2.45, 2.75) is 31.9 Å². The van der Waals surface area contributed by atoms with Crippen LogP contribution in [0.5, 0.6) is 0 Å². The van der Waals surface area contributed by atoms with Crippen molar-refractivity contribution in [3.8, 4) is 0 Å². The Morgan fingerprint density at radius 3 is 2.54 bits per heavy atom. The fraction of sp³-hybridized carbons (Fsp3) is 0.529. The van der Waals surface area contributed by atoms with Crippen LogP contribution in [0.4, 0.5) is 20.3 Å². The average molecular weight is 365 g/mol. The number of hydrogen-bond donors (Lipinski definition) is 3. The van der Waals surface area contributed by atoms with Crippen LogP contribution in [0.1, 0.15) is 29.9 Å².